The monoisotopic (exact) mass is 276 g/mol. The Labute approximate surface area is 112 Å². The van der Waals surface area contributed by atoms with Gasteiger partial charge in [-0.3, -0.25) is 4.90 Å². The van der Waals surface area contributed by atoms with Crippen LogP contribution in [0.4, 0.5) is 0 Å². The van der Waals surface area contributed by atoms with Crippen LogP contribution in [-0.2, 0) is 13.3 Å². The molecule has 1 saturated heterocycles. The second kappa shape index (κ2) is 7.57. The van der Waals surface area contributed by atoms with Crippen LogP contribution in [0.15, 0.2) is 0 Å². The Hall–Kier alpha value is 0.0169. The molecule has 0 aliphatic carbocycles. The maximum atomic E-state index is 5.44. The number of rotatable bonds is 8. The largest absolute Gasteiger partial charge is 0.500 e. The summed E-state index contributed by atoms with van der Waals surface area (Å²) < 4.78 is 16.3. The van der Waals surface area contributed by atoms with Gasteiger partial charge in [0.2, 0.25) is 0 Å². The summed E-state index contributed by atoms with van der Waals surface area (Å²) >= 11 is 0. The van der Waals surface area contributed by atoms with Crippen molar-refractivity contribution >= 4 is 8.80 Å². The molecule has 0 aromatic rings. The molecular formula is C12H28N2O3Si. The zero-order valence-electron chi connectivity index (χ0n) is 12.4. The van der Waals surface area contributed by atoms with Crippen LogP contribution < -0.4 is 5.32 Å². The lowest BCUT2D eigenvalue weighted by Gasteiger charge is -2.29. The van der Waals surface area contributed by atoms with Gasteiger partial charge < -0.3 is 18.6 Å². The van der Waals surface area contributed by atoms with E-state index in [0.717, 1.165) is 32.1 Å². The first-order valence-electron chi connectivity index (χ1n) is 6.71. The molecule has 1 N–H and O–H groups in total. The third kappa shape index (κ3) is 4.01. The first-order valence-corrected chi connectivity index (χ1v) is 8.64. The Morgan fingerprint density at radius 3 is 2.33 bits per heavy atom. The van der Waals surface area contributed by atoms with E-state index in [1.165, 1.54) is 0 Å². The van der Waals surface area contributed by atoms with Crippen molar-refractivity contribution in [2.24, 2.45) is 5.92 Å². The van der Waals surface area contributed by atoms with Gasteiger partial charge in [0.15, 0.2) is 0 Å². The Kier molecular flexibility index (Phi) is 6.76. The average molecular weight is 276 g/mol. The van der Waals surface area contributed by atoms with Crippen LogP contribution in [0.2, 0.25) is 6.04 Å². The van der Waals surface area contributed by atoms with Gasteiger partial charge in [0, 0.05) is 40.5 Å². The minimum Gasteiger partial charge on any atom is -0.377 e. The van der Waals surface area contributed by atoms with E-state index in [9.17, 15) is 0 Å². The summed E-state index contributed by atoms with van der Waals surface area (Å²) in [5.41, 5.74) is 0. The molecule has 0 spiro atoms. The van der Waals surface area contributed by atoms with Crippen molar-refractivity contribution in [3.8, 4) is 0 Å². The van der Waals surface area contributed by atoms with Crippen LogP contribution >= 0.6 is 0 Å². The summed E-state index contributed by atoms with van der Waals surface area (Å²) in [6.45, 7) is 7.80. The smallest absolute Gasteiger partial charge is 0.377 e. The van der Waals surface area contributed by atoms with Crippen LogP contribution in [0, 0.1) is 5.92 Å². The SMILES string of the molecule is CO[Si](CCCN1CCNC1C(C)C)(OC)OC. The van der Waals surface area contributed by atoms with Gasteiger partial charge >= 0.3 is 8.80 Å². The Balaban J connectivity index is 2.36. The highest BCUT2D eigenvalue weighted by Crippen LogP contribution is 2.18. The van der Waals surface area contributed by atoms with E-state index in [2.05, 4.69) is 24.1 Å². The highest BCUT2D eigenvalue weighted by atomic mass is 28.4. The summed E-state index contributed by atoms with van der Waals surface area (Å²) in [4.78, 5) is 2.50. The molecule has 0 aromatic carbocycles. The molecular weight excluding hydrogens is 248 g/mol. The van der Waals surface area contributed by atoms with Gasteiger partial charge in [-0.15, -0.1) is 0 Å². The van der Waals surface area contributed by atoms with Crippen LogP contribution in [0.25, 0.3) is 0 Å². The third-order valence-corrected chi connectivity index (χ3v) is 6.47. The lowest BCUT2D eigenvalue weighted by molar-refractivity contribution is 0.119. The maximum Gasteiger partial charge on any atom is 0.500 e. The van der Waals surface area contributed by atoms with Crippen molar-refractivity contribution in [3.63, 3.8) is 0 Å². The zero-order chi connectivity index (χ0) is 13.6. The van der Waals surface area contributed by atoms with Crippen molar-refractivity contribution in [3.05, 3.63) is 0 Å². The lowest BCUT2D eigenvalue weighted by Crippen LogP contribution is -2.44. The summed E-state index contributed by atoms with van der Waals surface area (Å²) in [6, 6.07) is 0.873. The lowest BCUT2D eigenvalue weighted by atomic mass is 10.1. The van der Waals surface area contributed by atoms with Crippen molar-refractivity contribution in [1.29, 1.82) is 0 Å². The fourth-order valence-corrected chi connectivity index (χ4v) is 4.29. The highest BCUT2D eigenvalue weighted by Gasteiger charge is 2.37. The predicted octanol–water partition coefficient (Wildman–Crippen LogP) is 1.14. The molecule has 5 nitrogen and oxygen atoms in total. The summed E-state index contributed by atoms with van der Waals surface area (Å²) in [5, 5.41) is 3.54. The van der Waals surface area contributed by atoms with Crippen molar-refractivity contribution < 1.29 is 13.3 Å². The molecule has 0 saturated carbocycles. The van der Waals surface area contributed by atoms with Gasteiger partial charge in [-0.2, -0.15) is 0 Å². The van der Waals surface area contributed by atoms with E-state index in [1.807, 2.05) is 0 Å². The van der Waals surface area contributed by atoms with E-state index in [1.54, 1.807) is 21.3 Å². The van der Waals surface area contributed by atoms with Crippen LogP contribution in [0.3, 0.4) is 0 Å². The normalized spacial score (nSPS) is 22.0. The molecule has 18 heavy (non-hydrogen) atoms. The van der Waals surface area contributed by atoms with Crippen molar-refractivity contribution in [1.82, 2.24) is 10.2 Å². The van der Waals surface area contributed by atoms with Gasteiger partial charge in [0.25, 0.3) is 0 Å². The Morgan fingerprint density at radius 1 is 1.22 bits per heavy atom. The first kappa shape index (κ1) is 16.1. The fraction of sp³-hybridized carbons (Fsp3) is 1.00. The van der Waals surface area contributed by atoms with E-state index in [-0.39, 0.29) is 0 Å². The van der Waals surface area contributed by atoms with E-state index < -0.39 is 8.80 Å². The molecule has 108 valence electrons. The van der Waals surface area contributed by atoms with Crippen molar-refractivity contribution in [2.75, 3.05) is 41.0 Å². The first-order chi connectivity index (χ1) is 8.58. The van der Waals surface area contributed by atoms with Crippen molar-refractivity contribution in [2.45, 2.75) is 32.5 Å². The Bertz CT molecular complexity index is 229. The zero-order valence-corrected chi connectivity index (χ0v) is 13.4. The predicted molar refractivity (Wildman–Crippen MR) is 74.4 cm³/mol. The molecule has 1 aliphatic rings. The molecule has 6 heteroatoms. The molecule has 1 atom stereocenters. The van der Waals surface area contributed by atoms with Gasteiger partial charge in [-0.05, 0) is 18.9 Å². The van der Waals surface area contributed by atoms with E-state index in [0.29, 0.717) is 12.1 Å². The van der Waals surface area contributed by atoms with Crippen LogP contribution in [-0.4, -0.2) is 60.8 Å². The van der Waals surface area contributed by atoms with Crippen LogP contribution in [0.5, 0.6) is 0 Å². The van der Waals surface area contributed by atoms with E-state index >= 15 is 0 Å². The van der Waals surface area contributed by atoms with Gasteiger partial charge in [-0.1, -0.05) is 13.8 Å². The van der Waals surface area contributed by atoms with Gasteiger partial charge in [0.1, 0.15) is 0 Å². The average Bonchev–Trinajstić information content (AvgIpc) is 2.84. The maximum absolute atomic E-state index is 5.44. The molecule has 0 aromatic heterocycles. The fourth-order valence-electron chi connectivity index (χ4n) is 2.59. The number of hydrogen-bond donors (Lipinski definition) is 1. The number of nitrogens with zero attached hydrogens (tertiary/aromatic N) is 1. The summed E-state index contributed by atoms with van der Waals surface area (Å²) in [5.74, 6) is 0.641. The minimum atomic E-state index is -2.39. The third-order valence-electron chi connectivity index (χ3n) is 3.64. The van der Waals surface area contributed by atoms with Gasteiger partial charge in [-0.25, -0.2) is 0 Å². The topological polar surface area (TPSA) is 43.0 Å². The second-order valence-corrected chi connectivity index (χ2v) is 8.17. The number of nitrogens with one attached hydrogen (secondary N) is 1. The second-order valence-electron chi connectivity index (χ2n) is 5.08. The minimum absolute atomic E-state index is 0.508. The molecule has 1 heterocycles. The van der Waals surface area contributed by atoms with Crippen LogP contribution in [0.1, 0.15) is 20.3 Å². The summed E-state index contributed by atoms with van der Waals surface area (Å²) in [7, 11) is 2.64. The molecule has 1 rings (SSSR count). The molecule has 0 amide bonds. The standard InChI is InChI=1S/C12H28N2O3Si/c1-11(2)12-13-7-9-14(12)8-6-10-18(15-3,16-4)17-5/h11-13H,6-10H2,1-5H3. The van der Waals surface area contributed by atoms with E-state index in [4.69, 9.17) is 13.3 Å². The molecule has 1 unspecified atom stereocenters. The Morgan fingerprint density at radius 2 is 1.83 bits per heavy atom. The molecule has 1 fully saturated rings. The highest BCUT2D eigenvalue weighted by molar-refractivity contribution is 6.60. The summed E-state index contributed by atoms with van der Waals surface area (Å²) in [6.07, 6.45) is 1.56. The van der Waals surface area contributed by atoms with Gasteiger partial charge in [0.05, 0.1) is 6.17 Å². The molecule has 1 aliphatic heterocycles. The quantitative estimate of drug-likeness (QED) is 0.674. The molecule has 0 radical (unpaired) electrons. The number of hydrogen-bond acceptors (Lipinski definition) is 5. The molecule has 0 bridgehead atoms.